The first-order valence-corrected chi connectivity index (χ1v) is 16.5. The Labute approximate surface area is 280 Å². The van der Waals surface area contributed by atoms with Crippen molar-refractivity contribution in [3.63, 3.8) is 0 Å². The van der Waals surface area contributed by atoms with Crippen LogP contribution < -0.4 is 20.7 Å². The molecule has 3 aromatic carbocycles. The van der Waals surface area contributed by atoms with Gasteiger partial charge in [-0.2, -0.15) is 0 Å². The molecule has 0 aromatic heterocycles. The van der Waals surface area contributed by atoms with Gasteiger partial charge in [0.1, 0.15) is 29.6 Å². The van der Waals surface area contributed by atoms with Crippen LogP contribution in [0.25, 0.3) is 0 Å². The van der Waals surface area contributed by atoms with Gasteiger partial charge in [0.15, 0.2) is 0 Å². The monoisotopic (exact) mass is 656 g/mol. The van der Waals surface area contributed by atoms with E-state index in [1.165, 1.54) is 0 Å². The number of piperidine rings is 1. The van der Waals surface area contributed by atoms with E-state index in [1.54, 1.807) is 41.3 Å². The normalized spacial score (nSPS) is 21.7. The van der Waals surface area contributed by atoms with Crippen molar-refractivity contribution in [2.24, 2.45) is 5.92 Å². The highest BCUT2D eigenvalue weighted by Gasteiger charge is 2.37. The molecule has 48 heavy (non-hydrogen) atoms. The van der Waals surface area contributed by atoms with Crippen molar-refractivity contribution in [3.05, 3.63) is 95.6 Å². The van der Waals surface area contributed by atoms with Crippen molar-refractivity contribution in [3.8, 4) is 11.5 Å². The number of nitrogens with one attached hydrogen (secondary N) is 3. The second kappa shape index (κ2) is 15.4. The number of aliphatic hydroxyl groups is 2. The molecule has 3 aliphatic heterocycles. The summed E-state index contributed by atoms with van der Waals surface area (Å²) in [5, 5.41) is 28.8. The van der Waals surface area contributed by atoms with Gasteiger partial charge < -0.3 is 35.8 Å². The number of aliphatic hydroxyl groups excluding tert-OH is 1. The molecule has 3 heterocycles. The van der Waals surface area contributed by atoms with E-state index in [0.717, 1.165) is 11.1 Å². The molecule has 1 fully saturated rings. The third kappa shape index (κ3) is 8.99. The molecule has 4 bridgehead atoms. The lowest BCUT2D eigenvalue weighted by atomic mass is 9.91. The molecule has 5 N–H and O–H groups in total. The largest absolute Gasteiger partial charge is 0.457 e. The number of amides is 4. The number of carbonyl (C=O) groups is 4. The number of hydrogen-bond acceptors (Lipinski definition) is 7. The zero-order chi connectivity index (χ0) is 34.3. The van der Waals surface area contributed by atoms with Crippen molar-refractivity contribution < 1.29 is 34.1 Å². The van der Waals surface area contributed by atoms with Gasteiger partial charge in [-0.05, 0) is 66.6 Å². The molecule has 0 radical (unpaired) electrons. The minimum Gasteiger partial charge on any atom is -0.457 e. The molecule has 4 amide bonds. The molecule has 11 nitrogen and oxygen atoms in total. The van der Waals surface area contributed by atoms with Crippen LogP contribution in [0.15, 0.2) is 78.9 Å². The summed E-state index contributed by atoms with van der Waals surface area (Å²) < 4.78 is 6.03. The van der Waals surface area contributed by atoms with Crippen molar-refractivity contribution >= 4 is 23.6 Å². The molecule has 3 aliphatic rings. The number of fused-ring (bicyclic) bond motifs is 11. The van der Waals surface area contributed by atoms with Crippen LogP contribution in [0.3, 0.4) is 0 Å². The highest BCUT2D eigenvalue weighted by atomic mass is 16.5. The fraction of sp³-hybridized carbons (Fsp3) is 0.405. The van der Waals surface area contributed by atoms with Crippen molar-refractivity contribution in [1.29, 1.82) is 0 Å². The predicted octanol–water partition coefficient (Wildman–Crippen LogP) is 2.74. The summed E-state index contributed by atoms with van der Waals surface area (Å²) in [4.78, 5) is 56.9. The molecule has 1 saturated heterocycles. The van der Waals surface area contributed by atoms with Gasteiger partial charge in [0.2, 0.25) is 17.7 Å². The number of benzene rings is 3. The number of hydrogen-bond donors (Lipinski definition) is 5. The van der Waals surface area contributed by atoms with Crippen LogP contribution in [0.1, 0.15) is 54.6 Å². The van der Waals surface area contributed by atoms with E-state index in [0.29, 0.717) is 23.5 Å². The highest BCUT2D eigenvalue weighted by molar-refractivity contribution is 5.99. The molecule has 0 aliphatic carbocycles. The minimum atomic E-state index is -1.24. The lowest BCUT2D eigenvalue weighted by Gasteiger charge is -2.38. The van der Waals surface area contributed by atoms with E-state index in [2.05, 4.69) is 16.0 Å². The Bertz CT molecular complexity index is 1590. The fourth-order valence-electron chi connectivity index (χ4n) is 6.04. The number of carbonyl (C=O) groups excluding carboxylic acids is 4. The quantitative estimate of drug-likeness (QED) is 0.256. The average Bonchev–Trinajstić information content (AvgIpc) is 3.08. The maximum absolute atomic E-state index is 14.0. The van der Waals surface area contributed by atoms with Crippen LogP contribution >= 0.6 is 0 Å². The minimum absolute atomic E-state index is 0.0174. The van der Waals surface area contributed by atoms with Crippen LogP contribution in [0, 0.1) is 5.92 Å². The van der Waals surface area contributed by atoms with E-state index in [1.807, 2.05) is 56.3 Å². The summed E-state index contributed by atoms with van der Waals surface area (Å²) in [5.41, 5.74) is 0.659. The van der Waals surface area contributed by atoms with E-state index in [-0.39, 0.29) is 50.6 Å². The summed E-state index contributed by atoms with van der Waals surface area (Å²) in [6.45, 7) is 3.92. The molecule has 254 valence electrons. The van der Waals surface area contributed by atoms with E-state index in [4.69, 9.17) is 4.74 Å². The Morgan fingerprint density at radius 1 is 0.875 bits per heavy atom. The second-order valence-electron chi connectivity index (χ2n) is 13.2. The van der Waals surface area contributed by atoms with Gasteiger partial charge >= 0.3 is 0 Å². The van der Waals surface area contributed by atoms with Gasteiger partial charge in [-0.3, -0.25) is 19.2 Å². The molecular formula is C37H44N4O7. The Hall–Kier alpha value is -4.74. The lowest BCUT2D eigenvalue weighted by Crippen LogP contribution is -2.59. The summed E-state index contributed by atoms with van der Waals surface area (Å²) in [6.07, 6.45) is 1.09. The lowest BCUT2D eigenvalue weighted by molar-refractivity contribution is -0.142. The van der Waals surface area contributed by atoms with Gasteiger partial charge in [-0.1, -0.05) is 62.4 Å². The third-order valence-corrected chi connectivity index (χ3v) is 8.85. The van der Waals surface area contributed by atoms with Crippen LogP contribution in [-0.4, -0.2) is 82.2 Å². The molecule has 3 atom stereocenters. The van der Waals surface area contributed by atoms with Crippen LogP contribution in [0.4, 0.5) is 0 Å². The van der Waals surface area contributed by atoms with Crippen molar-refractivity contribution in [1.82, 2.24) is 20.9 Å². The molecule has 3 aromatic rings. The Balaban J connectivity index is 1.49. The first-order valence-electron chi connectivity index (χ1n) is 16.5. The van der Waals surface area contributed by atoms with E-state index < -0.39 is 48.1 Å². The molecule has 0 unspecified atom stereocenters. The smallest absolute Gasteiger partial charge is 0.252 e. The van der Waals surface area contributed by atoms with E-state index in [9.17, 15) is 29.4 Å². The topological polar surface area (TPSA) is 157 Å². The average molecular weight is 657 g/mol. The first kappa shape index (κ1) is 34.6. The van der Waals surface area contributed by atoms with Gasteiger partial charge in [0.05, 0.1) is 12.2 Å². The van der Waals surface area contributed by atoms with Gasteiger partial charge in [0, 0.05) is 31.5 Å². The summed E-state index contributed by atoms with van der Waals surface area (Å²) >= 11 is 0. The van der Waals surface area contributed by atoms with Gasteiger partial charge in [0.25, 0.3) is 5.91 Å². The Morgan fingerprint density at radius 3 is 2.23 bits per heavy atom. The fourth-order valence-corrected chi connectivity index (χ4v) is 6.04. The SMILES string of the molecule is CC(C)C[C@@H]1NC(=O)[C@@H](Cc2ccccc2)NC(=O)c2cccc(c2)Oc2ccc(cc2)C[C@@H](C(=O)N2CCC(O)(CO)CC2)NC1=O. The molecular weight excluding hydrogens is 612 g/mol. The number of rotatable bonds is 6. The van der Waals surface area contributed by atoms with Crippen molar-refractivity contribution in [2.45, 2.75) is 69.7 Å². The van der Waals surface area contributed by atoms with Crippen molar-refractivity contribution in [2.75, 3.05) is 19.7 Å². The van der Waals surface area contributed by atoms with Crippen LogP contribution in [-0.2, 0) is 27.2 Å². The summed E-state index contributed by atoms with van der Waals surface area (Å²) in [5.74, 6) is -0.871. The number of nitrogens with zero attached hydrogens (tertiary/aromatic N) is 1. The molecule has 6 rings (SSSR count). The van der Waals surface area contributed by atoms with Gasteiger partial charge in [-0.25, -0.2) is 0 Å². The van der Waals surface area contributed by atoms with Crippen LogP contribution in [0.2, 0.25) is 0 Å². The number of ether oxygens (including phenoxy) is 1. The second-order valence-corrected chi connectivity index (χ2v) is 13.2. The van der Waals surface area contributed by atoms with Crippen LogP contribution in [0.5, 0.6) is 11.5 Å². The highest BCUT2D eigenvalue weighted by Crippen LogP contribution is 2.25. The summed E-state index contributed by atoms with van der Waals surface area (Å²) in [6, 6.07) is 20.1. The van der Waals surface area contributed by atoms with Gasteiger partial charge in [-0.15, -0.1) is 0 Å². The van der Waals surface area contributed by atoms with E-state index >= 15 is 0 Å². The summed E-state index contributed by atoms with van der Waals surface area (Å²) in [7, 11) is 0. The zero-order valence-electron chi connectivity index (χ0n) is 27.4. The first-order chi connectivity index (χ1) is 23.0. The standard InChI is InChI=1S/C37H44N4O7/c1-24(2)19-30-34(44)40-32(36(46)41-17-15-37(47,23-42)16-18-41)21-26-11-13-28(14-12-26)48-29-10-6-9-27(22-29)33(43)38-31(35(45)39-30)20-25-7-4-3-5-8-25/h3-14,22,24,30-32,42,47H,15-21,23H2,1-2H3,(H,38,43)(H,39,45)(H,40,44)/t30-,31+,32-/m0/s1. The molecule has 0 spiro atoms. The third-order valence-electron chi connectivity index (χ3n) is 8.85. The maximum Gasteiger partial charge on any atom is 0.252 e. The Kier molecular flexibility index (Phi) is 11.1. The number of likely N-dealkylation sites (tertiary alicyclic amines) is 1. The molecule has 11 heteroatoms. The molecule has 0 saturated carbocycles. The zero-order valence-corrected chi connectivity index (χ0v) is 27.4. The maximum atomic E-state index is 14.0. The Morgan fingerprint density at radius 2 is 1.56 bits per heavy atom. The predicted molar refractivity (Wildman–Crippen MR) is 179 cm³/mol.